The van der Waals surface area contributed by atoms with Gasteiger partial charge >= 0.3 is 0 Å². The molecule has 0 aliphatic rings. The zero-order chi connectivity index (χ0) is 9.14. The Morgan fingerprint density at radius 3 is 2.08 bits per heavy atom. The van der Waals surface area contributed by atoms with E-state index >= 15 is 0 Å². The van der Waals surface area contributed by atoms with Gasteiger partial charge in [-0.2, -0.15) is 5.90 Å². The first-order chi connectivity index (χ1) is 5.69. The summed E-state index contributed by atoms with van der Waals surface area (Å²) in [6, 6.07) is 4.21. The maximum atomic E-state index is 5.14. The minimum atomic E-state index is 0.798. The molecule has 2 nitrogen and oxygen atoms in total. The molecule has 0 saturated carbocycles. The van der Waals surface area contributed by atoms with E-state index in [-0.39, 0.29) is 0 Å². The molecule has 0 radical (unpaired) electrons. The highest BCUT2D eigenvalue weighted by molar-refractivity contribution is 5.43. The van der Waals surface area contributed by atoms with Crippen molar-refractivity contribution in [3.63, 3.8) is 0 Å². The third-order valence-electron chi connectivity index (χ3n) is 2.05. The number of benzene rings is 1. The van der Waals surface area contributed by atoms with Crippen molar-refractivity contribution >= 4 is 0 Å². The maximum Gasteiger partial charge on any atom is 0.152 e. The molecule has 0 unspecified atom stereocenters. The largest absolute Gasteiger partial charge is 0.411 e. The van der Waals surface area contributed by atoms with Crippen molar-refractivity contribution in [1.29, 1.82) is 0 Å². The normalized spacial score (nSPS) is 10.0. The predicted molar refractivity (Wildman–Crippen MR) is 50.1 cm³/mol. The number of aryl methyl sites for hydroxylation is 3. The van der Waals surface area contributed by atoms with Crippen molar-refractivity contribution < 1.29 is 4.84 Å². The van der Waals surface area contributed by atoms with Crippen LogP contribution in [0.2, 0.25) is 0 Å². The van der Waals surface area contributed by atoms with E-state index in [0.29, 0.717) is 0 Å². The van der Waals surface area contributed by atoms with Gasteiger partial charge in [0.15, 0.2) is 5.75 Å². The predicted octanol–water partition coefficient (Wildman–Crippen LogP) is 2.12. The molecule has 1 aromatic carbocycles. The lowest BCUT2D eigenvalue weighted by Crippen LogP contribution is -2.05. The second-order valence-electron chi connectivity index (χ2n) is 3.03. The highest BCUT2D eigenvalue weighted by atomic mass is 16.6. The first kappa shape index (κ1) is 9.07. The quantitative estimate of drug-likeness (QED) is 0.681. The van der Waals surface area contributed by atoms with Crippen LogP contribution >= 0.6 is 0 Å². The third kappa shape index (κ3) is 1.59. The van der Waals surface area contributed by atoms with Crippen LogP contribution in [0.25, 0.3) is 0 Å². The number of nitrogens with two attached hydrogens (primary N) is 1. The van der Waals surface area contributed by atoms with Crippen LogP contribution in [-0.2, 0) is 6.42 Å². The Morgan fingerprint density at radius 1 is 1.25 bits per heavy atom. The fourth-order valence-electron chi connectivity index (χ4n) is 1.43. The number of hydrogen-bond acceptors (Lipinski definition) is 2. The Morgan fingerprint density at radius 2 is 1.75 bits per heavy atom. The van der Waals surface area contributed by atoms with Crippen molar-refractivity contribution in [2.75, 3.05) is 0 Å². The standard InChI is InChI=1S/C10H15NO/c1-4-9-5-7(2)10(12-11)8(3)6-9/h5-6H,4,11H2,1-3H3. The molecule has 1 rings (SSSR count). The topological polar surface area (TPSA) is 35.2 Å². The summed E-state index contributed by atoms with van der Waals surface area (Å²) in [7, 11) is 0. The number of hydrogen-bond donors (Lipinski definition) is 1. The molecule has 12 heavy (non-hydrogen) atoms. The van der Waals surface area contributed by atoms with Gasteiger partial charge in [0.2, 0.25) is 0 Å². The molecule has 0 aromatic heterocycles. The molecule has 66 valence electrons. The molecule has 0 atom stereocenters. The zero-order valence-electron chi connectivity index (χ0n) is 7.85. The van der Waals surface area contributed by atoms with E-state index < -0.39 is 0 Å². The van der Waals surface area contributed by atoms with Crippen molar-refractivity contribution in [1.82, 2.24) is 0 Å². The van der Waals surface area contributed by atoms with Gasteiger partial charge in [-0.05, 0) is 37.0 Å². The van der Waals surface area contributed by atoms with Crippen molar-refractivity contribution in [3.05, 3.63) is 28.8 Å². The minimum absolute atomic E-state index is 0.798. The van der Waals surface area contributed by atoms with Crippen LogP contribution in [0, 0.1) is 13.8 Å². The van der Waals surface area contributed by atoms with Gasteiger partial charge in [-0.1, -0.05) is 19.1 Å². The Bertz CT molecular complexity index is 258. The summed E-state index contributed by atoms with van der Waals surface area (Å²) in [5.41, 5.74) is 3.54. The van der Waals surface area contributed by atoms with Gasteiger partial charge in [-0.25, -0.2) is 0 Å². The average Bonchev–Trinajstić information content (AvgIpc) is 2.03. The van der Waals surface area contributed by atoms with Gasteiger partial charge < -0.3 is 4.84 Å². The Kier molecular flexibility index (Phi) is 2.71. The summed E-state index contributed by atoms with van der Waals surface area (Å²) in [4.78, 5) is 4.78. The van der Waals surface area contributed by atoms with Crippen molar-refractivity contribution in [2.24, 2.45) is 5.90 Å². The Labute approximate surface area is 73.3 Å². The smallest absolute Gasteiger partial charge is 0.152 e. The van der Waals surface area contributed by atoms with Gasteiger partial charge in [0.25, 0.3) is 0 Å². The molecule has 0 fully saturated rings. The first-order valence-corrected chi connectivity index (χ1v) is 4.16. The van der Waals surface area contributed by atoms with Crippen LogP contribution in [0.4, 0.5) is 0 Å². The first-order valence-electron chi connectivity index (χ1n) is 4.16. The molecule has 2 N–H and O–H groups in total. The fraction of sp³-hybridized carbons (Fsp3) is 0.400. The molecule has 0 aliphatic carbocycles. The van der Waals surface area contributed by atoms with E-state index in [0.717, 1.165) is 23.3 Å². The molecule has 1 aromatic rings. The van der Waals surface area contributed by atoms with Crippen molar-refractivity contribution in [2.45, 2.75) is 27.2 Å². The monoisotopic (exact) mass is 165 g/mol. The fourth-order valence-corrected chi connectivity index (χ4v) is 1.43. The van der Waals surface area contributed by atoms with E-state index in [2.05, 4.69) is 19.1 Å². The summed E-state index contributed by atoms with van der Waals surface area (Å²) < 4.78 is 0. The Balaban J connectivity index is 3.18. The van der Waals surface area contributed by atoms with E-state index in [1.807, 2.05) is 13.8 Å². The lowest BCUT2D eigenvalue weighted by Gasteiger charge is -2.08. The van der Waals surface area contributed by atoms with E-state index in [1.165, 1.54) is 5.56 Å². The maximum absolute atomic E-state index is 5.14. The highest BCUT2D eigenvalue weighted by Gasteiger charge is 2.03. The van der Waals surface area contributed by atoms with Crippen LogP contribution in [0.15, 0.2) is 12.1 Å². The van der Waals surface area contributed by atoms with Crippen LogP contribution in [0.5, 0.6) is 5.75 Å². The van der Waals surface area contributed by atoms with Crippen LogP contribution in [-0.4, -0.2) is 0 Å². The molecule has 0 bridgehead atoms. The van der Waals surface area contributed by atoms with Gasteiger partial charge in [0.05, 0.1) is 0 Å². The van der Waals surface area contributed by atoms with Crippen LogP contribution in [0.3, 0.4) is 0 Å². The lowest BCUT2D eigenvalue weighted by atomic mass is 10.0. The molecule has 0 heterocycles. The summed E-state index contributed by atoms with van der Waals surface area (Å²) >= 11 is 0. The summed E-state index contributed by atoms with van der Waals surface area (Å²) in [5, 5.41) is 0. The van der Waals surface area contributed by atoms with Gasteiger partial charge in [-0.3, -0.25) is 0 Å². The van der Waals surface area contributed by atoms with E-state index in [4.69, 9.17) is 10.7 Å². The summed E-state index contributed by atoms with van der Waals surface area (Å²) in [6.45, 7) is 6.15. The summed E-state index contributed by atoms with van der Waals surface area (Å²) in [6.07, 6.45) is 1.05. The van der Waals surface area contributed by atoms with E-state index in [1.54, 1.807) is 0 Å². The Hall–Kier alpha value is -1.02. The highest BCUT2D eigenvalue weighted by Crippen LogP contribution is 2.23. The van der Waals surface area contributed by atoms with Crippen molar-refractivity contribution in [3.8, 4) is 5.75 Å². The van der Waals surface area contributed by atoms with E-state index in [9.17, 15) is 0 Å². The second-order valence-corrected chi connectivity index (χ2v) is 3.03. The lowest BCUT2D eigenvalue weighted by molar-refractivity contribution is 0.329. The number of rotatable bonds is 2. The molecule has 2 heteroatoms. The SMILES string of the molecule is CCc1cc(C)c(ON)c(C)c1. The molecular formula is C10H15NO. The van der Waals surface area contributed by atoms with Crippen LogP contribution in [0.1, 0.15) is 23.6 Å². The second kappa shape index (κ2) is 3.59. The van der Waals surface area contributed by atoms with Crippen LogP contribution < -0.4 is 10.7 Å². The average molecular weight is 165 g/mol. The zero-order valence-corrected chi connectivity index (χ0v) is 7.85. The molecule has 0 spiro atoms. The summed E-state index contributed by atoms with van der Waals surface area (Å²) in [5.74, 6) is 5.94. The van der Waals surface area contributed by atoms with Gasteiger partial charge in [-0.15, -0.1) is 0 Å². The third-order valence-corrected chi connectivity index (χ3v) is 2.05. The van der Waals surface area contributed by atoms with Gasteiger partial charge in [0.1, 0.15) is 0 Å². The molecule has 0 aliphatic heterocycles. The molecule has 0 amide bonds. The molecular weight excluding hydrogens is 150 g/mol. The van der Waals surface area contributed by atoms with Gasteiger partial charge in [0, 0.05) is 0 Å². The molecule has 0 saturated heterocycles. The minimum Gasteiger partial charge on any atom is -0.411 e.